The number of carbonyl (C=O) groups excluding carboxylic acids is 1. The highest BCUT2D eigenvalue weighted by atomic mass is 16.2. The lowest BCUT2D eigenvalue weighted by atomic mass is 9.81. The zero-order valence-corrected chi connectivity index (χ0v) is 14.9. The number of likely N-dealkylation sites (tertiary alicyclic amines) is 1. The van der Waals surface area contributed by atoms with Crippen molar-refractivity contribution in [3.63, 3.8) is 0 Å². The first-order chi connectivity index (χ1) is 12.7. The Morgan fingerprint density at radius 3 is 2.85 bits per heavy atom. The van der Waals surface area contributed by atoms with Gasteiger partial charge in [0.1, 0.15) is 5.82 Å². The molecule has 1 unspecified atom stereocenters. The van der Waals surface area contributed by atoms with Crippen LogP contribution in [-0.4, -0.2) is 40.0 Å². The van der Waals surface area contributed by atoms with Crippen LogP contribution in [-0.2, 0) is 23.7 Å². The number of fused-ring (bicyclic) bond motifs is 3. The van der Waals surface area contributed by atoms with E-state index < -0.39 is 0 Å². The molecule has 0 aliphatic carbocycles. The number of aromatic nitrogens is 2. The van der Waals surface area contributed by atoms with Crippen molar-refractivity contribution in [3.05, 3.63) is 59.9 Å². The predicted octanol–water partition coefficient (Wildman–Crippen LogP) is 2.71. The van der Waals surface area contributed by atoms with E-state index in [1.54, 1.807) is 0 Å². The molecule has 5 heteroatoms. The number of benzene rings is 2. The predicted molar refractivity (Wildman–Crippen MR) is 102 cm³/mol. The summed E-state index contributed by atoms with van der Waals surface area (Å²) in [7, 11) is 2.08. The van der Waals surface area contributed by atoms with Gasteiger partial charge in [0, 0.05) is 32.2 Å². The van der Waals surface area contributed by atoms with E-state index in [2.05, 4.69) is 40.0 Å². The Morgan fingerprint density at radius 1 is 1.15 bits per heavy atom. The molecule has 1 amide bonds. The Labute approximate surface area is 152 Å². The Hall–Kier alpha value is -2.66. The number of aryl methyl sites for hydroxylation is 1. The molecule has 26 heavy (non-hydrogen) atoms. The van der Waals surface area contributed by atoms with Crippen LogP contribution in [0.15, 0.2) is 48.5 Å². The van der Waals surface area contributed by atoms with Crippen molar-refractivity contribution in [1.29, 1.82) is 0 Å². The van der Waals surface area contributed by atoms with Crippen LogP contribution in [0.25, 0.3) is 11.0 Å². The maximum atomic E-state index is 12.7. The molecule has 5 rings (SSSR count). The minimum atomic E-state index is -0.372. The molecule has 3 aromatic rings. The number of nitrogens with zero attached hydrogens (tertiary/aromatic N) is 3. The average molecular weight is 346 g/mol. The third-order valence-corrected chi connectivity index (χ3v) is 6.01. The van der Waals surface area contributed by atoms with E-state index in [1.165, 1.54) is 5.52 Å². The molecule has 0 saturated carbocycles. The lowest BCUT2D eigenvalue weighted by molar-refractivity contribution is -0.120. The zero-order chi connectivity index (χ0) is 17.7. The highest BCUT2D eigenvalue weighted by Crippen LogP contribution is 2.43. The molecular formula is C21H22N4O. The second-order valence-electron chi connectivity index (χ2n) is 7.43. The molecule has 5 nitrogen and oxygen atoms in total. The molecule has 3 heterocycles. The SMILES string of the molecule is Cn1c(CCN2CCC3(C2)C(=O)Nc2ccccc23)nc2ccccc21. The third kappa shape index (κ3) is 2.20. The zero-order valence-electron chi connectivity index (χ0n) is 14.9. The topological polar surface area (TPSA) is 50.2 Å². The van der Waals surface area contributed by atoms with Gasteiger partial charge in [-0.25, -0.2) is 4.98 Å². The molecule has 1 aromatic heterocycles. The molecular weight excluding hydrogens is 324 g/mol. The second-order valence-corrected chi connectivity index (χ2v) is 7.43. The number of para-hydroxylation sites is 3. The number of rotatable bonds is 3. The first-order valence-electron chi connectivity index (χ1n) is 9.21. The summed E-state index contributed by atoms with van der Waals surface area (Å²) < 4.78 is 2.18. The van der Waals surface area contributed by atoms with E-state index in [-0.39, 0.29) is 11.3 Å². The lowest BCUT2D eigenvalue weighted by Crippen LogP contribution is -2.38. The van der Waals surface area contributed by atoms with Crippen molar-refractivity contribution in [3.8, 4) is 0 Å². The molecule has 0 bridgehead atoms. The van der Waals surface area contributed by atoms with E-state index in [0.29, 0.717) is 0 Å². The molecule has 1 saturated heterocycles. The number of nitrogens with one attached hydrogen (secondary N) is 1. The number of hydrogen-bond acceptors (Lipinski definition) is 3. The van der Waals surface area contributed by atoms with E-state index in [0.717, 1.165) is 55.1 Å². The largest absolute Gasteiger partial charge is 0.331 e. The van der Waals surface area contributed by atoms with E-state index >= 15 is 0 Å². The number of carbonyl (C=O) groups is 1. The van der Waals surface area contributed by atoms with Crippen LogP contribution in [0.5, 0.6) is 0 Å². The number of amides is 1. The maximum absolute atomic E-state index is 12.7. The van der Waals surface area contributed by atoms with Crippen molar-refractivity contribution in [2.75, 3.05) is 25.0 Å². The molecule has 2 aromatic carbocycles. The maximum Gasteiger partial charge on any atom is 0.236 e. The molecule has 1 N–H and O–H groups in total. The van der Waals surface area contributed by atoms with Crippen LogP contribution >= 0.6 is 0 Å². The summed E-state index contributed by atoms with van der Waals surface area (Å²) in [4.78, 5) is 19.9. The van der Waals surface area contributed by atoms with Crippen LogP contribution < -0.4 is 5.32 Å². The van der Waals surface area contributed by atoms with Gasteiger partial charge in [0.2, 0.25) is 5.91 Å². The number of anilines is 1. The number of imidazole rings is 1. The summed E-state index contributed by atoms with van der Waals surface area (Å²) in [6.07, 6.45) is 1.78. The van der Waals surface area contributed by atoms with E-state index in [9.17, 15) is 4.79 Å². The van der Waals surface area contributed by atoms with Crippen molar-refractivity contribution >= 4 is 22.6 Å². The highest BCUT2D eigenvalue weighted by Gasteiger charge is 2.50. The second kappa shape index (κ2) is 5.68. The normalized spacial score (nSPS) is 22.3. The van der Waals surface area contributed by atoms with Gasteiger partial charge in [0.15, 0.2) is 0 Å². The molecule has 1 fully saturated rings. The average Bonchev–Trinajstić information content (AvgIpc) is 3.31. The Bertz CT molecular complexity index is 1010. The fraction of sp³-hybridized carbons (Fsp3) is 0.333. The van der Waals surface area contributed by atoms with Crippen LogP contribution in [0, 0.1) is 0 Å². The quantitative estimate of drug-likeness (QED) is 0.793. The molecule has 1 spiro atoms. The molecule has 1 atom stereocenters. The molecule has 132 valence electrons. The standard InChI is InChI=1S/C21H22N4O/c1-24-18-9-5-4-8-17(18)22-19(24)10-12-25-13-11-21(14-25)15-6-2-3-7-16(15)23-20(21)26/h2-9H,10-14H2,1H3,(H,23,26). The highest BCUT2D eigenvalue weighted by molar-refractivity contribution is 6.06. The van der Waals surface area contributed by atoms with Gasteiger partial charge in [-0.15, -0.1) is 0 Å². The Morgan fingerprint density at radius 2 is 1.96 bits per heavy atom. The number of hydrogen-bond donors (Lipinski definition) is 1. The summed E-state index contributed by atoms with van der Waals surface area (Å²) >= 11 is 0. The minimum absolute atomic E-state index is 0.156. The summed E-state index contributed by atoms with van der Waals surface area (Å²) in [5.74, 6) is 1.26. The van der Waals surface area contributed by atoms with Crippen LogP contribution in [0.2, 0.25) is 0 Å². The molecule has 0 radical (unpaired) electrons. The van der Waals surface area contributed by atoms with Crippen molar-refractivity contribution < 1.29 is 4.79 Å². The Kier molecular flexibility index (Phi) is 3.40. The first-order valence-corrected chi connectivity index (χ1v) is 9.21. The summed E-state index contributed by atoms with van der Waals surface area (Å²) in [6.45, 7) is 2.67. The fourth-order valence-electron chi connectivity index (χ4n) is 4.54. The smallest absolute Gasteiger partial charge is 0.236 e. The van der Waals surface area contributed by atoms with Crippen LogP contribution in [0.3, 0.4) is 0 Å². The van der Waals surface area contributed by atoms with Crippen molar-refractivity contribution in [2.24, 2.45) is 7.05 Å². The van der Waals surface area contributed by atoms with Gasteiger partial charge in [-0.2, -0.15) is 0 Å². The van der Waals surface area contributed by atoms with Gasteiger partial charge in [0.05, 0.1) is 16.4 Å². The van der Waals surface area contributed by atoms with Crippen molar-refractivity contribution in [1.82, 2.24) is 14.5 Å². The third-order valence-electron chi connectivity index (χ3n) is 6.01. The van der Waals surface area contributed by atoms with E-state index in [1.807, 2.05) is 30.3 Å². The van der Waals surface area contributed by atoms with Gasteiger partial charge >= 0.3 is 0 Å². The summed E-state index contributed by atoms with van der Waals surface area (Å²) in [6, 6.07) is 16.4. The fourth-order valence-corrected chi connectivity index (χ4v) is 4.54. The Balaban J connectivity index is 1.34. The summed E-state index contributed by atoms with van der Waals surface area (Å²) in [5, 5.41) is 3.07. The summed E-state index contributed by atoms with van der Waals surface area (Å²) in [5.41, 5.74) is 3.99. The van der Waals surface area contributed by atoms with Gasteiger partial charge < -0.3 is 14.8 Å². The van der Waals surface area contributed by atoms with Gasteiger partial charge in [-0.1, -0.05) is 30.3 Å². The van der Waals surface area contributed by atoms with E-state index in [4.69, 9.17) is 4.98 Å². The van der Waals surface area contributed by atoms with Gasteiger partial charge in [-0.3, -0.25) is 4.79 Å². The van der Waals surface area contributed by atoms with Crippen LogP contribution in [0.1, 0.15) is 17.8 Å². The lowest BCUT2D eigenvalue weighted by Gasteiger charge is -2.22. The van der Waals surface area contributed by atoms with Crippen molar-refractivity contribution in [2.45, 2.75) is 18.3 Å². The molecule has 2 aliphatic heterocycles. The van der Waals surface area contributed by atoms with Gasteiger partial charge in [0.25, 0.3) is 0 Å². The van der Waals surface area contributed by atoms with Crippen LogP contribution in [0.4, 0.5) is 5.69 Å². The molecule has 2 aliphatic rings. The monoisotopic (exact) mass is 346 g/mol. The first kappa shape index (κ1) is 15.6. The minimum Gasteiger partial charge on any atom is -0.331 e. The van der Waals surface area contributed by atoms with Gasteiger partial charge in [-0.05, 0) is 36.7 Å².